The molecule has 3 aromatic rings. The van der Waals surface area contributed by atoms with E-state index in [1.807, 2.05) is 0 Å². The molecule has 0 saturated carbocycles. The molecule has 0 atom stereocenters. The second-order valence-electron chi connectivity index (χ2n) is 9.01. The van der Waals surface area contributed by atoms with Crippen LogP contribution in [0.5, 0.6) is 0 Å². The van der Waals surface area contributed by atoms with E-state index in [2.05, 4.69) is 15.2 Å². The number of thiophene rings is 1. The van der Waals surface area contributed by atoms with Crippen LogP contribution in [0.1, 0.15) is 29.7 Å². The van der Waals surface area contributed by atoms with E-state index in [0.29, 0.717) is 31.6 Å². The molecule has 10 heteroatoms. The number of carbonyl (C=O) groups is 2. The Bertz CT molecular complexity index is 1290. The molecule has 1 aliphatic heterocycles. The van der Waals surface area contributed by atoms with Crippen molar-refractivity contribution in [2.24, 2.45) is 0 Å². The van der Waals surface area contributed by atoms with Gasteiger partial charge in [-0.25, -0.2) is 9.37 Å². The minimum Gasteiger partial charge on any atom is -0.368 e. The molecule has 2 aliphatic rings. The van der Waals surface area contributed by atoms with E-state index in [1.54, 1.807) is 28.4 Å². The molecule has 8 nitrogen and oxygen atoms in total. The maximum absolute atomic E-state index is 13.1. The van der Waals surface area contributed by atoms with Crippen LogP contribution < -0.4 is 15.8 Å². The van der Waals surface area contributed by atoms with E-state index < -0.39 is 0 Å². The molecule has 1 fully saturated rings. The van der Waals surface area contributed by atoms with Crippen LogP contribution in [0.3, 0.4) is 0 Å². The normalized spacial score (nSPS) is 15.8. The summed E-state index contributed by atoms with van der Waals surface area (Å²) in [5.41, 5.74) is 1.88. The maximum atomic E-state index is 13.1. The summed E-state index contributed by atoms with van der Waals surface area (Å²) in [6, 6.07) is 6.36. The Labute approximate surface area is 206 Å². The Morgan fingerprint density at radius 1 is 1.06 bits per heavy atom. The van der Waals surface area contributed by atoms with Gasteiger partial charge in [0.1, 0.15) is 17.2 Å². The van der Waals surface area contributed by atoms with Crippen molar-refractivity contribution in [1.29, 1.82) is 0 Å². The summed E-state index contributed by atoms with van der Waals surface area (Å²) in [6.45, 7) is 2.61. The predicted molar refractivity (Wildman–Crippen MR) is 133 cm³/mol. The molecule has 0 spiro atoms. The van der Waals surface area contributed by atoms with Crippen LogP contribution in [0.2, 0.25) is 0 Å². The number of piperazine rings is 1. The number of rotatable bonds is 6. The van der Waals surface area contributed by atoms with E-state index >= 15 is 0 Å². The van der Waals surface area contributed by atoms with Crippen molar-refractivity contribution >= 4 is 39.1 Å². The Balaban J connectivity index is 1.10. The molecule has 2 aromatic heterocycles. The van der Waals surface area contributed by atoms with Crippen LogP contribution in [0.25, 0.3) is 10.2 Å². The third-order valence-electron chi connectivity index (χ3n) is 6.74. The van der Waals surface area contributed by atoms with E-state index in [9.17, 15) is 18.8 Å². The minimum atomic E-state index is -0.314. The molecule has 35 heavy (non-hydrogen) atoms. The zero-order valence-corrected chi connectivity index (χ0v) is 20.3. The lowest BCUT2D eigenvalue weighted by atomic mass is 9.97. The summed E-state index contributed by atoms with van der Waals surface area (Å²) in [4.78, 5) is 48.4. The van der Waals surface area contributed by atoms with Crippen molar-refractivity contribution in [3.8, 4) is 0 Å². The number of aromatic nitrogens is 2. The summed E-state index contributed by atoms with van der Waals surface area (Å²) in [7, 11) is 0. The molecule has 184 valence electrons. The van der Waals surface area contributed by atoms with Gasteiger partial charge in [-0.15, -0.1) is 11.3 Å². The molecular weight excluding hydrogens is 469 g/mol. The van der Waals surface area contributed by atoms with Crippen LogP contribution in [0, 0.1) is 5.82 Å². The first-order valence-corrected chi connectivity index (χ1v) is 12.9. The van der Waals surface area contributed by atoms with Gasteiger partial charge in [0.05, 0.1) is 11.7 Å². The zero-order valence-electron chi connectivity index (χ0n) is 19.5. The molecule has 0 radical (unpaired) electrons. The third kappa shape index (κ3) is 5.07. The van der Waals surface area contributed by atoms with Crippen molar-refractivity contribution in [2.75, 3.05) is 37.6 Å². The number of fused-ring (bicyclic) bond motifs is 3. The number of carbonyl (C=O) groups excluding carboxylic acids is 2. The van der Waals surface area contributed by atoms with Crippen LogP contribution in [-0.4, -0.2) is 59.0 Å². The highest BCUT2D eigenvalue weighted by atomic mass is 32.1. The fourth-order valence-electron chi connectivity index (χ4n) is 4.84. The van der Waals surface area contributed by atoms with Crippen molar-refractivity contribution in [1.82, 2.24) is 19.8 Å². The van der Waals surface area contributed by atoms with Gasteiger partial charge in [-0.1, -0.05) is 0 Å². The van der Waals surface area contributed by atoms with Gasteiger partial charge in [-0.2, -0.15) is 0 Å². The van der Waals surface area contributed by atoms with Gasteiger partial charge in [-0.3, -0.25) is 19.0 Å². The average molecular weight is 498 g/mol. The van der Waals surface area contributed by atoms with Gasteiger partial charge < -0.3 is 15.1 Å². The van der Waals surface area contributed by atoms with Gasteiger partial charge >= 0.3 is 0 Å². The number of benzene rings is 1. The Morgan fingerprint density at radius 2 is 1.80 bits per heavy atom. The largest absolute Gasteiger partial charge is 0.368 e. The molecule has 1 aromatic carbocycles. The SMILES string of the molecule is O=C(Cn1cnc2sc3c(c2c1=O)CCCC3)NCCC(=O)N1CCN(c2ccc(F)cc2)CC1. The fourth-order valence-corrected chi connectivity index (χ4v) is 6.06. The third-order valence-corrected chi connectivity index (χ3v) is 7.94. The Morgan fingerprint density at radius 3 is 2.57 bits per heavy atom. The second kappa shape index (κ2) is 10.2. The highest BCUT2D eigenvalue weighted by Crippen LogP contribution is 2.33. The van der Waals surface area contributed by atoms with Gasteiger partial charge in [0.2, 0.25) is 11.8 Å². The molecule has 2 amide bonds. The summed E-state index contributed by atoms with van der Waals surface area (Å²) in [5, 5.41) is 3.42. The molecule has 1 saturated heterocycles. The van der Waals surface area contributed by atoms with Crippen molar-refractivity contribution in [3.05, 3.63) is 57.2 Å². The molecule has 0 unspecified atom stereocenters. The second-order valence-corrected chi connectivity index (χ2v) is 10.1. The van der Waals surface area contributed by atoms with Crippen molar-refractivity contribution < 1.29 is 14.0 Å². The molecule has 5 rings (SSSR count). The van der Waals surface area contributed by atoms with Crippen molar-refractivity contribution in [3.63, 3.8) is 0 Å². The summed E-state index contributed by atoms with van der Waals surface area (Å²) in [5.74, 6) is -0.600. The number of halogens is 1. The molecule has 1 aliphatic carbocycles. The molecule has 0 bridgehead atoms. The number of hydrogen-bond donors (Lipinski definition) is 1. The number of aryl methyl sites for hydroxylation is 2. The summed E-state index contributed by atoms with van der Waals surface area (Å²) < 4.78 is 14.5. The summed E-state index contributed by atoms with van der Waals surface area (Å²) in [6.07, 6.45) is 5.74. The first-order valence-electron chi connectivity index (χ1n) is 12.0. The monoisotopic (exact) mass is 497 g/mol. The molecular formula is C25H28FN5O3S. The van der Waals surface area contributed by atoms with Gasteiger partial charge in [0.25, 0.3) is 5.56 Å². The standard InChI is InChI=1S/C25H28FN5O3S/c26-17-5-7-18(8-6-17)29-11-13-30(14-12-29)22(33)9-10-27-21(32)15-31-16-28-24-23(25(31)34)19-3-1-2-4-20(19)35-24/h5-8,16H,1-4,9-15H2,(H,27,32). The Hall–Kier alpha value is -3.27. The first-order chi connectivity index (χ1) is 17.0. The van der Waals surface area contributed by atoms with E-state index in [1.165, 1.54) is 27.9 Å². The maximum Gasteiger partial charge on any atom is 0.262 e. The number of hydrogen-bond acceptors (Lipinski definition) is 6. The lowest BCUT2D eigenvalue weighted by Gasteiger charge is -2.36. The first kappa shape index (κ1) is 23.5. The van der Waals surface area contributed by atoms with Crippen LogP contribution in [0.4, 0.5) is 10.1 Å². The summed E-state index contributed by atoms with van der Waals surface area (Å²) >= 11 is 1.59. The molecule has 1 N–H and O–H groups in total. The number of amides is 2. The zero-order chi connectivity index (χ0) is 24.4. The lowest BCUT2D eigenvalue weighted by Crippen LogP contribution is -2.49. The van der Waals surface area contributed by atoms with Crippen LogP contribution in [0.15, 0.2) is 35.4 Å². The smallest absolute Gasteiger partial charge is 0.262 e. The fraction of sp³-hybridized carbons (Fsp3) is 0.440. The average Bonchev–Trinajstić information content (AvgIpc) is 3.26. The topological polar surface area (TPSA) is 87.5 Å². The van der Waals surface area contributed by atoms with E-state index in [4.69, 9.17) is 0 Å². The van der Waals surface area contributed by atoms with Crippen molar-refractivity contribution in [2.45, 2.75) is 38.6 Å². The van der Waals surface area contributed by atoms with E-state index in [0.717, 1.165) is 41.8 Å². The quantitative estimate of drug-likeness (QED) is 0.565. The highest BCUT2D eigenvalue weighted by Gasteiger charge is 2.22. The van der Waals surface area contributed by atoms with Gasteiger partial charge in [0.15, 0.2) is 0 Å². The van der Waals surface area contributed by atoms with E-state index in [-0.39, 0.29) is 42.7 Å². The number of anilines is 1. The number of nitrogens with one attached hydrogen (secondary N) is 1. The van der Waals surface area contributed by atoms with Gasteiger partial charge in [0, 0.05) is 49.7 Å². The van der Waals surface area contributed by atoms with Crippen LogP contribution >= 0.6 is 11.3 Å². The minimum absolute atomic E-state index is 0.0192. The number of nitrogens with zero attached hydrogens (tertiary/aromatic N) is 4. The molecule has 3 heterocycles. The Kier molecular flexibility index (Phi) is 6.81. The predicted octanol–water partition coefficient (Wildman–Crippen LogP) is 2.33. The lowest BCUT2D eigenvalue weighted by molar-refractivity contribution is -0.131. The highest BCUT2D eigenvalue weighted by molar-refractivity contribution is 7.18. The van der Waals surface area contributed by atoms with Gasteiger partial charge in [-0.05, 0) is 55.5 Å². The van der Waals surface area contributed by atoms with Crippen LogP contribution in [-0.2, 0) is 29.0 Å².